The molecule has 0 aliphatic heterocycles. The fraction of sp³-hybridized carbons (Fsp3) is 0. The van der Waals surface area contributed by atoms with Crippen molar-refractivity contribution in [2.75, 3.05) is 0 Å². The maximum atomic E-state index is 12.0. The summed E-state index contributed by atoms with van der Waals surface area (Å²) in [6.07, 6.45) is 3.42. The topological polar surface area (TPSA) is 30.0 Å². The molecule has 0 fully saturated rings. The van der Waals surface area contributed by atoms with Gasteiger partial charge in [-0.1, -0.05) is 18.2 Å². The van der Waals surface area contributed by atoms with E-state index in [1.165, 1.54) is 11.3 Å². The molecule has 0 radical (unpaired) electrons. The Morgan fingerprint density at radius 1 is 1.17 bits per heavy atom. The number of thiophene rings is 1. The largest absolute Gasteiger partial charge is 0.287 e. The molecule has 0 aliphatic carbocycles. The lowest BCUT2D eigenvalue weighted by Gasteiger charge is -1.86. The van der Waals surface area contributed by atoms with Crippen LogP contribution in [0.4, 0.5) is 0 Å². The van der Waals surface area contributed by atoms with E-state index in [0.717, 1.165) is 15.1 Å². The van der Waals surface area contributed by atoms with Crippen molar-refractivity contribution in [3.05, 3.63) is 57.7 Å². The maximum Gasteiger partial charge on any atom is 0.214 e. The molecule has 0 amide bonds. The normalized spacial score (nSPS) is 11.3. The van der Waals surface area contributed by atoms with Crippen LogP contribution < -0.4 is 0 Å². The van der Waals surface area contributed by atoms with Crippen LogP contribution in [0.15, 0.2) is 47.9 Å². The van der Waals surface area contributed by atoms with E-state index < -0.39 is 0 Å². The minimum Gasteiger partial charge on any atom is -0.287 e. The van der Waals surface area contributed by atoms with Gasteiger partial charge in [0, 0.05) is 4.88 Å². The highest BCUT2D eigenvalue weighted by Gasteiger charge is 2.08. The number of ketones is 1. The number of aromatic nitrogens is 1. The molecule has 3 rings (SSSR count). The first kappa shape index (κ1) is 11.3. The number of nitrogens with zero attached hydrogens (tertiary/aromatic N) is 1. The highest BCUT2D eigenvalue weighted by molar-refractivity contribution is 7.20. The van der Waals surface area contributed by atoms with Crippen molar-refractivity contribution in [2.24, 2.45) is 0 Å². The molecule has 0 atom stereocenters. The zero-order chi connectivity index (χ0) is 12.4. The summed E-state index contributed by atoms with van der Waals surface area (Å²) < 4.78 is 1.05. The van der Waals surface area contributed by atoms with E-state index in [1.807, 2.05) is 47.9 Å². The van der Waals surface area contributed by atoms with Crippen molar-refractivity contribution in [3.8, 4) is 0 Å². The van der Waals surface area contributed by atoms with Gasteiger partial charge in [-0.05, 0) is 35.7 Å². The number of para-hydroxylation sites is 1. The molecule has 0 aliphatic rings. The fourth-order valence-electron chi connectivity index (χ4n) is 1.59. The van der Waals surface area contributed by atoms with Gasteiger partial charge in [-0.2, -0.15) is 0 Å². The number of hydrogen-bond donors (Lipinski definition) is 0. The summed E-state index contributed by atoms with van der Waals surface area (Å²) in [6.45, 7) is 0. The zero-order valence-electron chi connectivity index (χ0n) is 9.37. The van der Waals surface area contributed by atoms with Crippen LogP contribution in [0.5, 0.6) is 0 Å². The number of allylic oxidation sites excluding steroid dienone is 1. The van der Waals surface area contributed by atoms with Crippen LogP contribution in [0.25, 0.3) is 16.3 Å². The number of benzene rings is 1. The Morgan fingerprint density at radius 3 is 2.83 bits per heavy atom. The SMILES string of the molecule is O=C(/C=C/c1cccs1)c1nc2ccccc2s1. The third-order valence-electron chi connectivity index (χ3n) is 2.45. The lowest BCUT2D eigenvalue weighted by atomic mass is 10.3. The second-order valence-corrected chi connectivity index (χ2v) is 5.71. The molecule has 0 saturated heterocycles. The van der Waals surface area contributed by atoms with Crippen molar-refractivity contribution in [3.63, 3.8) is 0 Å². The van der Waals surface area contributed by atoms with Crippen LogP contribution in [0.1, 0.15) is 14.7 Å². The van der Waals surface area contributed by atoms with Crippen molar-refractivity contribution < 1.29 is 4.79 Å². The monoisotopic (exact) mass is 271 g/mol. The van der Waals surface area contributed by atoms with Crippen molar-refractivity contribution in [1.82, 2.24) is 4.98 Å². The molecular weight excluding hydrogens is 262 g/mol. The highest BCUT2D eigenvalue weighted by atomic mass is 32.1. The molecule has 4 heteroatoms. The number of hydrogen-bond acceptors (Lipinski definition) is 4. The molecule has 88 valence electrons. The lowest BCUT2D eigenvalue weighted by molar-refractivity contribution is 0.104. The highest BCUT2D eigenvalue weighted by Crippen LogP contribution is 2.22. The van der Waals surface area contributed by atoms with Crippen LogP contribution in [0.3, 0.4) is 0 Å². The molecule has 2 nitrogen and oxygen atoms in total. The van der Waals surface area contributed by atoms with Gasteiger partial charge in [0.1, 0.15) is 0 Å². The third kappa shape index (κ3) is 2.25. The quantitative estimate of drug-likeness (QED) is 0.526. The minimum atomic E-state index is -0.0374. The average Bonchev–Trinajstić information content (AvgIpc) is 3.04. The predicted octanol–water partition coefficient (Wildman–Crippen LogP) is 4.25. The molecule has 0 bridgehead atoms. The van der Waals surface area contributed by atoms with E-state index in [0.29, 0.717) is 5.01 Å². The Kier molecular flexibility index (Phi) is 3.04. The van der Waals surface area contributed by atoms with Gasteiger partial charge in [-0.3, -0.25) is 4.79 Å². The first-order chi connectivity index (χ1) is 8.83. The van der Waals surface area contributed by atoms with E-state index in [-0.39, 0.29) is 5.78 Å². The summed E-state index contributed by atoms with van der Waals surface area (Å²) >= 11 is 3.04. The summed E-state index contributed by atoms with van der Waals surface area (Å²) in [5.74, 6) is -0.0374. The molecule has 0 N–H and O–H groups in total. The Bertz CT molecular complexity index is 677. The lowest BCUT2D eigenvalue weighted by Crippen LogP contribution is -1.91. The summed E-state index contributed by atoms with van der Waals surface area (Å²) in [4.78, 5) is 17.4. The maximum absolute atomic E-state index is 12.0. The molecular formula is C14H9NOS2. The van der Waals surface area contributed by atoms with E-state index in [1.54, 1.807) is 17.4 Å². The number of rotatable bonds is 3. The fourth-order valence-corrected chi connectivity index (χ4v) is 3.10. The molecule has 3 aromatic rings. The molecule has 1 aromatic carbocycles. The average molecular weight is 271 g/mol. The van der Waals surface area contributed by atoms with E-state index in [9.17, 15) is 4.79 Å². The van der Waals surface area contributed by atoms with Gasteiger partial charge < -0.3 is 0 Å². The van der Waals surface area contributed by atoms with Gasteiger partial charge in [0.05, 0.1) is 10.2 Å². The molecule has 0 unspecified atom stereocenters. The first-order valence-electron chi connectivity index (χ1n) is 5.44. The van der Waals surface area contributed by atoms with Gasteiger partial charge >= 0.3 is 0 Å². The van der Waals surface area contributed by atoms with Gasteiger partial charge in [-0.25, -0.2) is 4.98 Å². The predicted molar refractivity (Wildman–Crippen MR) is 77.3 cm³/mol. The van der Waals surface area contributed by atoms with Crippen molar-refractivity contribution in [2.45, 2.75) is 0 Å². The van der Waals surface area contributed by atoms with Crippen molar-refractivity contribution >= 4 is 44.7 Å². The van der Waals surface area contributed by atoms with Crippen LogP contribution in [0, 0.1) is 0 Å². The summed E-state index contributed by atoms with van der Waals surface area (Å²) in [5, 5.41) is 2.53. The van der Waals surface area contributed by atoms with E-state index >= 15 is 0 Å². The van der Waals surface area contributed by atoms with Crippen molar-refractivity contribution in [1.29, 1.82) is 0 Å². The summed E-state index contributed by atoms with van der Waals surface area (Å²) in [6, 6.07) is 11.7. The van der Waals surface area contributed by atoms with E-state index in [2.05, 4.69) is 4.98 Å². The summed E-state index contributed by atoms with van der Waals surface area (Å²) in [5.41, 5.74) is 0.885. The standard InChI is InChI=1S/C14H9NOS2/c16-12(8-7-10-4-3-9-17-10)14-15-11-5-1-2-6-13(11)18-14/h1-9H/b8-7+. The van der Waals surface area contributed by atoms with Crippen LogP contribution in [-0.2, 0) is 0 Å². The number of carbonyl (C=O) groups is 1. The Hall–Kier alpha value is -1.78. The number of fused-ring (bicyclic) bond motifs is 1. The molecule has 18 heavy (non-hydrogen) atoms. The van der Waals surface area contributed by atoms with Crippen LogP contribution >= 0.6 is 22.7 Å². The molecule has 0 spiro atoms. The molecule has 0 saturated carbocycles. The third-order valence-corrected chi connectivity index (χ3v) is 4.34. The van der Waals surface area contributed by atoms with Gasteiger partial charge in [0.2, 0.25) is 5.78 Å². The summed E-state index contributed by atoms with van der Waals surface area (Å²) in [7, 11) is 0. The molecule has 2 heterocycles. The molecule has 2 aromatic heterocycles. The van der Waals surface area contributed by atoms with Crippen LogP contribution in [-0.4, -0.2) is 10.8 Å². The van der Waals surface area contributed by atoms with Crippen LogP contribution in [0.2, 0.25) is 0 Å². The second-order valence-electron chi connectivity index (χ2n) is 3.70. The Balaban J connectivity index is 1.88. The Labute approximate surface area is 112 Å². The second kappa shape index (κ2) is 4.84. The Morgan fingerprint density at radius 2 is 2.06 bits per heavy atom. The number of thiazole rings is 1. The smallest absolute Gasteiger partial charge is 0.214 e. The first-order valence-corrected chi connectivity index (χ1v) is 7.14. The van der Waals surface area contributed by atoms with E-state index in [4.69, 9.17) is 0 Å². The van der Waals surface area contributed by atoms with Gasteiger partial charge in [-0.15, -0.1) is 22.7 Å². The number of carbonyl (C=O) groups excluding carboxylic acids is 1. The minimum absolute atomic E-state index is 0.0374. The van der Waals surface area contributed by atoms with Gasteiger partial charge in [0.25, 0.3) is 0 Å². The van der Waals surface area contributed by atoms with Gasteiger partial charge in [0.15, 0.2) is 5.01 Å². The zero-order valence-corrected chi connectivity index (χ0v) is 11.0.